The molecule has 1 rings (SSSR count). The molecule has 1 aromatic heterocycles. The summed E-state index contributed by atoms with van der Waals surface area (Å²) in [4.78, 5) is 10.6. The Labute approximate surface area is 64.2 Å². The van der Waals surface area contributed by atoms with Crippen LogP contribution in [-0.2, 0) is 4.79 Å². The lowest BCUT2D eigenvalue weighted by Gasteiger charge is -2.04. The van der Waals surface area contributed by atoms with Crippen molar-refractivity contribution in [3.63, 3.8) is 0 Å². The third-order valence-electron chi connectivity index (χ3n) is 1.60. The van der Waals surface area contributed by atoms with E-state index in [0.717, 1.165) is 0 Å². The number of carboxylic acids is 1. The van der Waals surface area contributed by atoms with E-state index in [1.165, 1.54) is 0 Å². The molecule has 60 valence electrons. The van der Waals surface area contributed by atoms with Crippen LogP contribution < -0.4 is 0 Å². The molecule has 0 aliphatic rings. The Balaban J connectivity index is 2.79. The summed E-state index contributed by atoms with van der Waals surface area (Å²) in [5.74, 6) is -1.26. The summed E-state index contributed by atoms with van der Waals surface area (Å²) in [5, 5.41) is 15.0. The van der Waals surface area contributed by atoms with Crippen molar-refractivity contribution in [1.82, 2.24) is 10.2 Å². The number of hydrogen-bond donors (Lipinski definition) is 2. The number of nitrogens with zero attached hydrogens (tertiary/aromatic N) is 1. The van der Waals surface area contributed by atoms with Crippen molar-refractivity contribution in [2.75, 3.05) is 0 Å². The average molecular weight is 154 g/mol. The van der Waals surface area contributed by atoms with Gasteiger partial charge in [-0.15, -0.1) is 0 Å². The summed E-state index contributed by atoms with van der Waals surface area (Å²) in [6.07, 6.45) is 2.14. The predicted octanol–water partition coefficient (Wildman–Crippen LogP) is 0.988. The molecule has 1 atom stereocenters. The van der Waals surface area contributed by atoms with Crippen LogP contribution in [0.3, 0.4) is 0 Å². The maximum atomic E-state index is 10.6. The number of hydrogen-bond acceptors (Lipinski definition) is 2. The lowest BCUT2D eigenvalue weighted by molar-refractivity contribution is -0.138. The second-order valence-electron chi connectivity index (χ2n) is 2.31. The first-order valence-electron chi connectivity index (χ1n) is 3.47. The van der Waals surface area contributed by atoms with Gasteiger partial charge in [0.1, 0.15) is 0 Å². The zero-order valence-corrected chi connectivity index (χ0v) is 6.24. The molecular weight excluding hydrogens is 144 g/mol. The van der Waals surface area contributed by atoms with Crippen molar-refractivity contribution in [2.45, 2.75) is 19.3 Å². The molecule has 1 aromatic rings. The van der Waals surface area contributed by atoms with E-state index in [2.05, 4.69) is 10.2 Å². The molecule has 2 N–H and O–H groups in total. The summed E-state index contributed by atoms with van der Waals surface area (Å²) in [5.41, 5.74) is 0.667. The zero-order chi connectivity index (χ0) is 8.27. The van der Waals surface area contributed by atoms with Crippen molar-refractivity contribution >= 4 is 5.97 Å². The average Bonchev–Trinajstić information content (AvgIpc) is 2.40. The molecule has 1 heterocycles. The van der Waals surface area contributed by atoms with E-state index in [4.69, 9.17) is 5.11 Å². The van der Waals surface area contributed by atoms with Crippen LogP contribution in [0.2, 0.25) is 0 Å². The Bertz CT molecular complexity index is 231. The van der Waals surface area contributed by atoms with Gasteiger partial charge < -0.3 is 5.11 Å². The van der Waals surface area contributed by atoms with E-state index in [0.29, 0.717) is 12.1 Å². The fraction of sp³-hybridized carbons (Fsp3) is 0.429. The number of aliphatic carboxylic acids is 1. The number of aromatic nitrogens is 2. The summed E-state index contributed by atoms with van der Waals surface area (Å²) in [7, 11) is 0. The van der Waals surface area contributed by atoms with Gasteiger partial charge in [0, 0.05) is 11.9 Å². The number of rotatable bonds is 3. The van der Waals surface area contributed by atoms with Gasteiger partial charge in [-0.25, -0.2) is 0 Å². The zero-order valence-electron chi connectivity index (χ0n) is 6.24. The normalized spacial score (nSPS) is 12.8. The number of aromatic amines is 1. The van der Waals surface area contributed by atoms with E-state index in [-0.39, 0.29) is 0 Å². The lowest BCUT2D eigenvalue weighted by Crippen LogP contribution is -2.10. The fourth-order valence-corrected chi connectivity index (χ4v) is 0.988. The predicted molar refractivity (Wildman–Crippen MR) is 39.3 cm³/mol. The minimum Gasteiger partial charge on any atom is -0.481 e. The molecule has 0 saturated heterocycles. The van der Waals surface area contributed by atoms with Crippen molar-refractivity contribution < 1.29 is 9.90 Å². The molecule has 0 spiro atoms. The maximum absolute atomic E-state index is 10.6. The van der Waals surface area contributed by atoms with Crippen molar-refractivity contribution in [2.24, 2.45) is 0 Å². The van der Waals surface area contributed by atoms with Crippen molar-refractivity contribution in [1.29, 1.82) is 0 Å². The first-order valence-corrected chi connectivity index (χ1v) is 3.47. The SMILES string of the molecule is CCC(C(=O)O)c1ccn[nH]1. The molecule has 0 aliphatic heterocycles. The largest absolute Gasteiger partial charge is 0.481 e. The van der Waals surface area contributed by atoms with Crippen molar-refractivity contribution in [3.8, 4) is 0 Å². The van der Waals surface area contributed by atoms with Crippen LogP contribution in [0.5, 0.6) is 0 Å². The first kappa shape index (κ1) is 7.78. The highest BCUT2D eigenvalue weighted by Crippen LogP contribution is 2.15. The van der Waals surface area contributed by atoms with Gasteiger partial charge in [-0.2, -0.15) is 5.10 Å². The van der Waals surface area contributed by atoms with Gasteiger partial charge in [0.15, 0.2) is 0 Å². The third kappa shape index (κ3) is 1.58. The molecule has 11 heavy (non-hydrogen) atoms. The van der Waals surface area contributed by atoms with Gasteiger partial charge in [-0.3, -0.25) is 9.89 Å². The quantitative estimate of drug-likeness (QED) is 0.682. The number of H-pyrrole nitrogens is 1. The molecule has 0 aliphatic carbocycles. The number of carboxylic acid groups (broad SMARTS) is 1. The van der Waals surface area contributed by atoms with E-state index in [1.807, 2.05) is 6.92 Å². The maximum Gasteiger partial charge on any atom is 0.312 e. The van der Waals surface area contributed by atoms with Crippen LogP contribution in [-0.4, -0.2) is 21.3 Å². The van der Waals surface area contributed by atoms with E-state index in [9.17, 15) is 4.79 Å². The van der Waals surface area contributed by atoms with Gasteiger partial charge in [-0.05, 0) is 12.5 Å². The highest BCUT2D eigenvalue weighted by Gasteiger charge is 2.17. The third-order valence-corrected chi connectivity index (χ3v) is 1.60. The number of carbonyl (C=O) groups is 1. The monoisotopic (exact) mass is 154 g/mol. The van der Waals surface area contributed by atoms with Crippen LogP contribution in [0.1, 0.15) is 25.0 Å². The Morgan fingerprint density at radius 1 is 1.91 bits per heavy atom. The molecule has 4 heteroatoms. The molecule has 0 aromatic carbocycles. The molecule has 0 saturated carbocycles. The highest BCUT2D eigenvalue weighted by molar-refractivity contribution is 5.75. The molecule has 0 amide bonds. The van der Waals surface area contributed by atoms with Gasteiger partial charge in [0.2, 0.25) is 0 Å². The second-order valence-corrected chi connectivity index (χ2v) is 2.31. The van der Waals surface area contributed by atoms with Crippen LogP contribution in [0.15, 0.2) is 12.3 Å². The Kier molecular flexibility index (Phi) is 2.25. The lowest BCUT2D eigenvalue weighted by atomic mass is 10.0. The topological polar surface area (TPSA) is 66.0 Å². The Hall–Kier alpha value is -1.32. The minimum absolute atomic E-state index is 0.447. The van der Waals surface area contributed by atoms with Gasteiger partial charge in [0.25, 0.3) is 0 Å². The summed E-state index contributed by atoms with van der Waals surface area (Å²) >= 11 is 0. The van der Waals surface area contributed by atoms with Crippen LogP contribution in [0, 0.1) is 0 Å². The van der Waals surface area contributed by atoms with Gasteiger partial charge >= 0.3 is 5.97 Å². The smallest absolute Gasteiger partial charge is 0.312 e. The summed E-state index contributed by atoms with van der Waals surface area (Å²) < 4.78 is 0. The first-order chi connectivity index (χ1) is 5.25. The van der Waals surface area contributed by atoms with E-state index < -0.39 is 11.9 Å². The molecule has 4 nitrogen and oxygen atoms in total. The molecular formula is C7H10N2O2. The van der Waals surface area contributed by atoms with Gasteiger partial charge in [-0.1, -0.05) is 6.92 Å². The Morgan fingerprint density at radius 3 is 3.00 bits per heavy atom. The van der Waals surface area contributed by atoms with Crippen LogP contribution in [0.4, 0.5) is 0 Å². The molecule has 1 unspecified atom stereocenters. The Morgan fingerprint density at radius 2 is 2.64 bits per heavy atom. The summed E-state index contributed by atoms with van der Waals surface area (Å²) in [6, 6.07) is 1.68. The minimum atomic E-state index is -0.809. The highest BCUT2D eigenvalue weighted by atomic mass is 16.4. The fourth-order valence-electron chi connectivity index (χ4n) is 0.988. The van der Waals surface area contributed by atoms with Gasteiger partial charge in [0.05, 0.1) is 5.92 Å². The van der Waals surface area contributed by atoms with E-state index >= 15 is 0 Å². The van der Waals surface area contributed by atoms with Crippen LogP contribution >= 0.6 is 0 Å². The van der Waals surface area contributed by atoms with Crippen LogP contribution in [0.25, 0.3) is 0 Å². The number of nitrogens with one attached hydrogen (secondary N) is 1. The van der Waals surface area contributed by atoms with E-state index in [1.54, 1.807) is 12.3 Å². The van der Waals surface area contributed by atoms with Crippen molar-refractivity contribution in [3.05, 3.63) is 18.0 Å². The standard InChI is InChI=1S/C7H10N2O2/c1-2-5(7(10)11)6-3-4-8-9-6/h3-5H,2H2,1H3,(H,8,9)(H,10,11). The molecule has 0 radical (unpaired) electrons. The molecule has 0 fully saturated rings. The second kappa shape index (κ2) is 3.18. The summed E-state index contributed by atoms with van der Waals surface area (Å²) in [6.45, 7) is 1.83. The molecule has 0 bridgehead atoms.